The lowest BCUT2D eigenvalue weighted by atomic mass is 10.00. The number of anilines is 1. The van der Waals surface area contributed by atoms with E-state index in [1.54, 1.807) is 6.07 Å². The van der Waals surface area contributed by atoms with E-state index in [0.29, 0.717) is 11.6 Å². The number of rotatable bonds is 4. The van der Waals surface area contributed by atoms with Gasteiger partial charge in [0.25, 0.3) is 0 Å². The lowest BCUT2D eigenvalue weighted by Gasteiger charge is -2.25. The molecule has 0 fully saturated rings. The van der Waals surface area contributed by atoms with Crippen LogP contribution in [0.3, 0.4) is 0 Å². The molecule has 2 aromatic rings. The smallest absolute Gasteiger partial charge is 0.238 e. The Morgan fingerprint density at radius 3 is 2.67 bits per heavy atom. The number of hydrogen-bond donors (Lipinski definition) is 1. The van der Waals surface area contributed by atoms with E-state index in [-0.39, 0.29) is 18.1 Å². The zero-order valence-electron chi connectivity index (χ0n) is 13.1. The number of nitrogens with one attached hydrogen (secondary N) is 1. The second-order valence-electron chi connectivity index (χ2n) is 5.75. The SMILES string of the molecule is O=C(CN1CC=C(c2ccccc2)CC1)Nc1ccc(Cl)cc1F. The van der Waals surface area contributed by atoms with Crippen molar-refractivity contribution < 1.29 is 9.18 Å². The van der Waals surface area contributed by atoms with E-state index in [1.807, 2.05) is 23.1 Å². The summed E-state index contributed by atoms with van der Waals surface area (Å²) in [5.74, 6) is -0.756. The average molecular weight is 345 g/mol. The van der Waals surface area contributed by atoms with Crippen molar-refractivity contribution >= 4 is 28.8 Å². The second kappa shape index (κ2) is 7.60. The van der Waals surface area contributed by atoms with E-state index < -0.39 is 5.82 Å². The van der Waals surface area contributed by atoms with E-state index in [1.165, 1.54) is 23.3 Å². The number of nitrogens with zero attached hydrogens (tertiary/aromatic N) is 1. The highest BCUT2D eigenvalue weighted by Crippen LogP contribution is 2.22. The first kappa shape index (κ1) is 16.7. The predicted molar refractivity (Wildman–Crippen MR) is 95.5 cm³/mol. The lowest BCUT2D eigenvalue weighted by molar-refractivity contribution is -0.117. The minimum Gasteiger partial charge on any atom is -0.322 e. The van der Waals surface area contributed by atoms with Crippen LogP contribution in [0.15, 0.2) is 54.6 Å². The molecule has 0 unspecified atom stereocenters. The van der Waals surface area contributed by atoms with Crippen LogP contribution in [0.2, 0.25) is 5.02 Å². The van der Waals surface area contributed by atoms with Crippen molar-refractivity contribution in [1.29, 1.82) is 0 Å². The molecule has 0 saturated carbocycles. The normalized spacial score (nSPS) is 15.0. The standard InChI is InChI=1S/C19H18ClFN2O/c20-16-6-7-18(17(21)12-16)22-19(24)13-23-10-8-15(9-11-23)14-4-2-1-3-5-14/h1-8,12H,9-11,13H2,(H,22,24). The van der Waals surface area contributed by atoms with Crippen LogP contribution >= 0.6 is 11.6 Å². The summed E-state index contributed by atoms with van der Waals surface area (Å²) in [5, 5.41) is 2.90. The third-order valence-electron chi connectivity index (χ3n) is 4.01. The van der Waals surface area contributed by atoms with Gasteiger partial charge in [0.15, 0.2) is 0 Å². The Labute approximate surface area is 145 Å². The number of amides is 1. The molecule has 1 N–H and O–H groups in total. The molecule has 1 amide bonds. The fourth-order valence-corrected chi connectivity index (χ4v) is 2.91. The van der Waals surface area contributed by atoms with Crippen LogP contribution in [0.4, 0.5) is 10.1 Å². The van der Waals surface area contributed by atoms with Crippen LogP contribution < -0.4 is 5.32 Å². The molecule has 3 rings (SSSR count). The number of carbonyl (C=O) groups excluding carboxylic acids is 1. The van der Waals surface area contributed by atoms with Gasteiger partial charge in [-0.2, -0.15) is 0 Å². The van der Waals surface area contributed by atoms with Crippen molar-refractivity contribution in [2.45, 2.75) is 6.42 Å². The molecule has 0 atom stereocenters. The van der Waals surface area contributed by atoms with Gasteiger partial charge >= 0.3 is 0 Å². The molecule has 1 heterocycles. The number of halogens is 2. The summed E-state index contributed by atoms with van der Waals surface area (Å²) in [6.45, 7) is 1.75. The van der Waals surface area contributed by atoms with E-state index >= 15 is 0 Å². The van der Waals surface area contributed by atoms with Crippen LogP contribution in [0.5, 0.6) is 0 Å². The third kappa shape index (κ3) is 4.22. The van der Waals surface area contributed by atoms with Crippen LogP contribution in [0.1, 0.15) is 12.0 Å². The first-order chi connectivity index (χ1) is 11.6. The van der Waals surface area contributed by atoms with Crippen molar-refractivity contribution in [2.24, 2.45) is 0 Å². The summed E-state index contributed by atoms with van der Waals surface area (Å²) in [6, 6.07) is 14.4. The summed E-state index contributed by atoms with van der Waals surface area (Å²) in [7, 11) is 0. The van der Waals surface area contributed by atoms with Gasteiger partial charge in [-0.25, -0.2) is 4.39 Å². The van der Waals surface area contributed by atoms with Crippen LogP contribution in [-0.2, 0) is 4.79 Å². The highest BCUT2D eigenvalue weighted by molar-refractivity contribution is 6.30. The molecule has 0 aliphatic carbocycles. The van der Waals surface area contributed by atoms with Gasteiger partial charge in [-0.15, -0.1) is 0 Å². The minimum absolute atomic E-state index is 0.155. The highest BCUT2D eigenvalue weighted by Gasteiger charge is 2.16. The second-order valence-corrected chi connectivity index (χ2v) is 6.19. The molecule has 24 heavy (non-hydrogen) atoms. The Morgan fingerprint density at radius 2 is 2.00 bits per heavy atom. The van der Waals surface area contributed by atoms with Crippen molar-refractivity contribution in [3.63, 3.8) is 0 Å². The summed E-state index contributed by atoms with van der Waals surface area (Å²) < 4.78 is 13.7. The van der Waals surface area contributed by atoms with Crippen LogP contribution in [0, 0.1) is 5.82 Å². The van der Waals surface area contributed by atoms with Gasteiger partial charge in [0.2, 0.25) is 5.91 Å². The highest BCUT2D eigenvalue weighted by atomic mass is 35.5. The minimum atomic E-state index is -0.527. The maximum atomic E-state index is 13.7. The molecular formula is C19H18ClFN2O. The zero-order chi connectivity index (χ0) is 16.9. The van der Waals surface area contributed by atoms with Gasteiger partial charge in [-0.3, -0.25) is 9.69 Å². The zero-order valence-corrected chi connectivity index (χ0v) is 13.9. The number of hydrogen-bond acceptors (Lipinski definition) is 2. The maximum absolute atomic E-state index is 13.7. The molecule has 0 bridgehead atoms. The topological polar surface area (TPSA) is 32.3 Å². The molecule has 0 saturated heterocycles. The molecule has 0 aromatic heterocycles. The van der Waals surface area contributed by atoms with Gasteiger partial charge in [0.1, 0.15) is 5.82 Å². The Balaban J connectivity index is 1.56. The van der Waals surface area contributed by atoms with Crippen LogP contribution in [0.25, 0.3) is 5.57 Å². The van der Waals surface area contributed by atoms with Gasteiger partial charge < -0.3 is 5.32 Å². The van der Waals surface area contributed by atoms with E-state index in [2.05, 4.69) is 23.5 Å². The van der Waals surface area contributed by atoms with Gasteiger partial charge in [-0.05, 0) is 35.8 Å². The van der Waals surface area contributed by atoms with Crippen molar-refractivity contribution in [1.82, 2.24) is 4.90 Å². The Kier molecular flexibility index (Phi) is 5.28. The molecule has 124 valence electrons. The Bertz CT molecular complexity index is 761. The number of carbonyl (C=O) groups is 1. The summed E-state index contributed by atoms with van der Waals surface area (Å²) in [4.78, 5) is 14.1. The Hall–Kier alpha value is -2.17. The first-order valence-electron chi connectivity index (χ1n) is 7.83. The number of benzene rings is 2. The molecule has 5 heteroatoms. The summed E-state index contributed by atoms with van der Waals surface area (Å²) in [5.41, 5.74) is 2.68. The molecule has 3 nitrogen and oxygen atoms in total. The lowest BCUT2D eigenvalue weighted by Crippen LogP contribution is -2.36. The van der Waals surface area contributed by atoms with Gasteiger partial charge in [0, 0.05) is 18.1 Å². The molecule has 1 aliphatic heterocycles. The molecule has 0 radical (unpaired) electrons. The quantitative estimate of drug-likeness (QED) is 0.901. The molecule has 2 aromatic carbocycles. The summed E-state index contributed by atoms with van der Waals surface area (Å²) >= 11 is 5.71. The molecule has 1 aliphatic rings. The van der Waals surface area contributed by atoms with Gasteiger partial charge in [0.05, 0.1) is 12.2 Å². The van der Waals surface area contributed by atoms with E-state index in [0.717, 1.165) is 13.0 Å². The van der Waals surface area contributed by atoms with E-state index in [9.17, 15) is 9.18 Å². The predicted octanol–water partition coefficient (Wildman–Crippen LogP) is 4.21. The Morgan fingerprint density at radius 1 is 1.21 bits per heavy atom. The van der Waals surface area contributed by atoms with Crippen LogP contribution in [-0.4, -0.2) is 30.4 Å². The van der Waals surface area contributed by atoms with Gasteiger partial charge in [-0.1, -0.05) is 48.0 Å². The van der Waals surface area contributed by atoms with E-state index in [4.69, 9.17) is 11.6 Å². The molecular weight excluding hydrogens is 327 g/mol. The first-order valence-corrected chi connectivity index (χ1v) is 8.21. The maximum Gasteiger partial charge on any atom is 0.238 e. The average Bonchev–Trinajstić information content (AvgIpc) is 2.59. The third-order valence-corrected chi connectivity index (χ3v) is 4.25. The fraction of sp³-hybridized carbons (Fsp3) is 0.211. The monoisotopic (exact) mass is 344 g/mol. The van der Waals surface area contributed by atoms with Crippen molar-refractivity contribution in [3.05, 3.63) is 71.0 Å². The molecule has 0 spiro atoms. The summed E-state index contributed by atoms with van der Waals surface area (Å²) in [6.07, 6.45) is 3.04. The van der Waals surface area contributed by atoms with Crippen molar-refractivity contribution in [2.75, 3.05) is 25.0 Å². The fourth-order valence-electron chi connectivity index (χ4n) is 2.75. The largest absolute Gasteiger partial charge is 0.322 e. The van der Waals surface area contributed by atoms with Crippen molar-refractivity contribution in [3.8, 4) is 0 Å².